The fourth-order valence-corrected chi connectivity index (χ4v) is 3.31. The zero-order valence-electron chi connectivity index (χ0n) is 16.1. The number of hydrogen-bond donors (Lipinski definition) is 1. The van der Waals surface area contributed by atoms with Gasteiger partial charge in [-0.15, -0.1) is 35.0 Å². The van der Waals surface area contributed by atoms with E-state index in [2.05, 4.69) is 15.2 Å². The molecule has 4 rings (SSSR count). The summed E-state index contributed by atoms with van der Waals surface area (Å²) in [6.07, 6.45) is 5.30. The lowest BCUT2D eigenvalue weighted by molar-refractivity contribution is 0.0715. The second kappa shape index (κ2) is 9.82. The Bertz CT molecular complexity index is 952. The van der Waals surface area contributed by atoms with E-state index in [1.807, 2.05) is 59.1 Å². The topological polar surface area (TPSA) is 89.9 Å². The number of likely N-dealkylation sites (tertiary alicyclic amines) is 1. The Morgan fingerprint density at radius 1 is 1.07 bits per heavy atom. The maximum Gasteiger partial charge on any atom is 0.253 e. The minimum Gasteiger partial charge on any atom is -0.339 e. The third kappa shape index (κ3) is 4.93. The molecule has 1 aromatic carbocycles. The lowest BCUT2D eigenvalue weighted by Crippen LogP contribution is -2.42. The van der Waals surface area contributed by atoms with E-state index in [-0.39, 0.29) is 36.8 Å². The highest BCUT2D eigenvalue weighted by atomic mass is 35.5. The smallest absolute Gasteiger partial charge is 0.253 e. The first-order valence-corrected chi connectivity index (χ1v) is 9.08. The minimum atomic E-state index is 0. The number of benzene rings is 1. The van der Waals surface area contributed by atoms with Crippen LogP contribution in [0.15, 0.2) is 48.8 Å². The number of carbonyl (C=O) groups excluding carboxylic acids is 1. The average molecular weight is 435 g/mol. The number of aromatic nitrogens is 4. The van der Waals surface area contributed by atoms with Gasteiger partial charge in [-0.3, -0.25) is 4.79 Å². The van der Waals surface area contributed by atoms with E-state index in [0.29, 0.717) is 24.3 Å². The molecule has 1 fully saturated rings. The standard InChI is InChI=1S/C20H22N6O.2ClH/c1-25-12-9-22-19(25)18-6-5-17(23-24-18)14-3-2-4-15(13-14)20(27)26-10-7-16(21)8-11-26;;/h2-6,9,12-13,16H,7-8,10-11,21H2,1H3;2*1H. The Balaban J connectivity index is 0.00000150. The van der Waals surface area contributed by atoms with Crippen molar-refractivity contribution in [1.82, 2.24) is 24.6 Å². The zero-order valence-corrected chi connectivity index (χ0v) is 17.7. The molecule has 1 saturated heterocycles. The first-order chi connectivity index (χ1) is 13.1. The molecule has 3 heterocycles. The number of nitrogens with zero attached hydrogens (tertiary/aromatic N) is 5. The number of amides is 1. The van der Waals surface area contributed by atoms with Crippen LogP contribution < -0.4 is 5.73 Å². The number of imidazole rings is 1. The molecule has 154 valence electrons. The summed E-state index contributed by atoms with van der Waals surface area (Å²) < 4.78 is 1.90. The summed E-state index contributed by atoms with van der Waals surface area (Å²) in [5.41, 5.74) is 8.90. The van der Waals surface area contributed by atoms with Gasteiger partial charge >= 0.3 is 0 Å². The van der Waals surface area contributed by atoms with Gasteiger partial charge < -0.3 is 15.2 Å². The largest absolute Gasteiger partial charge is 0.339 e. The lowest BCUT2D eigenvalue weighted by Gasteiger charge is -2.30. The molecule has 0 unspecified atom stereocenters. The molecular formula is C20H24Cl2N6O. The number of rotatable bonds is 3. The van der Waals surface area contributed by atoms with E-state index in [9.17, 15) is 4.79 Å². The van der Waals surface area contributed by atoms with Gasteiger partial charge in [0.05, 0.1) is 5.69 Å². The van der Waals surface area contributed by atoms with E-state index in [1.165, 1.54) is 0 Å². The molecule has 0 spiro atoms. The van der Waals surface area contributed by atoms with Crippen molar-refractivity contribution in [3.8, 4) is 22.8 Å². The quantitative estimate of drug-likeness (QED) is 0.683. The van der Waals surface area contributed by atoms with Crippen LogP contribution in [0.1, 0.15) is 23.2 Å². The van der Waals surface area contributed by atoms with Crippen molar-refractivity contribution in [2.45, 2.75) is 18.9 Å². The van der Waals surface area contributed by atoms with Crippen molar-refractivity contribution in [2.75, 3.05) is 13.1 Å². The third-order valence-electron chi connectivity index (χ3n) is 4.95. The molecule has 0 saturated carbocycles. The number of carbonyl (C=O) groups is 1. The summed E-state index contributed by atoms with van der Waals surface area (Å²) >= 11 is 0. The van der Waals surface area contributed by atoms with Gasteiger partial charge in [-0.1, -0.05) is 12.1 Å². The van der Waals surface area contributed by atoms with Gasteiger partial charge in [-0.05, 0) is 37.1 Å². The Labute approximate surface area is 182 Å². The van der Waals surface area contributed by atoms with Crippen molar-refractivity contribution >= 4 is 30.7 Å². The highest BCUT2D eigenvalue weighted by molar-refractivity contribution is 5.95. The van der Waals surface area contributed by atoms with Crippen molar-refractivity contribution in [3.63, 3.8) is 0 Å². The van der Waals surface area contributed by atoms with Crippen LogP contribution in [0.5, 0.6) is 0 Å². The highest BCUT2D eigenvalue weighted by Crippen LogP contribution is 2.22. The third-order valence-corrected chi connectivity index (χ3v) is 4.95. The van der Waals surface area contributed by atoms with Gasteiger partial charge in [-0.2, -0.15) is 0 Å². The Morgan fingerprint density at radius 2 is 1.76 bits per heavy atom. The van der Waals surface area contributed by atoms with E-state index < -0.39 is 0 Å². The van der Waals surface area contributed by atoms with Gasteiger partial charge in [-0.25, -0.2) is 4.98 Å². The van der Waals surface area contributed by atoms with Crippen molar-refractivity contribution in [2.24, 2.45) is 12.8 Å². The number of piperidine rings is 1. The number of aryl methyl sites for hydroxylation is 1. The summed E-state index contributed by atoms with van der Waals surface area (Å²) in [4.78, 5) is 18.9. The fraction of sp³-hybridized carbons (Fsp3) is 0.300. The van der Waals surface area contributed by atoms with Crippen molar-refractivity contribution in [3.05, 3.63) is 54.4 Å². The molecule has 0 aliphatic carbocycles. The highest BCUT2D eigenvalue weighted by Gasteiger charge is 2.22. The second-order valence-electron chi connectivity index (χ2n) is 6.88. The Morgan fingerprint density at radius 3 is 2.38 bits per heavy atom. The minimum absolute atomic E-state index is 0. The van der Waals surface area contributed by atoms with E-state index in [4.69, 9.17) is 5.73 Å². The van der Waals surface area contributed by atoms with Crippen molar-refractivity contribution in [1.29, 1.82) is 0 Å². The van der Waals surface area contributed by atoms with Gasteiger partial charge in [0.2, 0.25) is 0 Å². The van der Waals surface area contributed by atoms with E-state index >= 15 is 0 Å². The lowest BCUT2D eigenvalue weighted by atomic mass is 10.0. The molecule has 1 amide bonds. The maximum absolute atomic E-state index is 12.8. The van der Waals surface area contributed by atoms with Crippen LogP contribution in [0, 0.1) is 0 Å². The normalized spacial score (nSPS) is 14.1. The van der Waals surface area contributed by atoms with Crippen LogP contribution in [0.3, 0.4) is 0 Å². The maximum atomic E-state index is 12.8. The average Bonchev–Trinajstić information content (AvgIpc) is 3.14. The molecular weight excluding hydrogens is 411 g/mol. The molecule has 1 aliphatic rings. The SMILES string of the molecule is Cl.Cl.Cn1ccnc1-c1ccc(-c2cccc(C(=O)N3CCC(N)CC3)c2)nn1. The summed E-state index contributed by atoms with van der Waals surface area (Å²) in [7, 11) is 1.92. The second-order valence-corrected chi connectivity index (χ2v) is 6.88. The first kappa shape index (κ1) is 22.8. The van der Waals surface area contributed by atoms with Crippen LogP contribution in [-0.4, -0.2) is 49.7 Å². The van der Waals surface area contributed by atoms with Crippen LogP contribution in [0.25, 0.3) is 22.8 Å². The number of hydrogen-bond acceptors (Lipinski definition) is 5. The zero-order chi connectivity index (χ0) is 18.8. The molecule has 0 atom stereocenters. The first-order valence-electron chi connectivity index (χ1n) is 9.08. The van der Waals surface area contributed by atoms with Gasteiger partial charge in [0, 0.05) is 49.7 Å². The molecule has 0 radical (unpaired) electrons. The summed E-state index contributed by atoms with van der Waals surface area (Å²) in [6.45, 7) is 1.42. The van der Waals surface area contributed by atoms with Gasteiger partial charge in [0.1, 0.15) is 5.69 Å². The fourth-order valence-electron chi connectivity index (χ4n) is 3.31. The van der Waals surface area contributed by atoms with Crippen LogP contribution in [-0.2, 0) is 7.05 Å². The number of halogens is 2. The molecule has 2 aromatic heterocycles. The summed E-state index contributed by atoms with van der Waals surface area (Å²) in [5, 5.41) is 8.61. The molecule has 1 aliphatic heterocycles. The summed E-state index contributed by atoms with van der Waals surface area (Å²) in [5.74, 6) is 0.808. The summed E-state index contributed by atoms with van der Waals surface area (Å²) in [6, 6.07) is 11.5. The van der Waals surface area contributed by atoms with Crippen LogP contribution in [0.4, 0.5) is 0 Å². The van der Waals surface area contributed by atoms with Gasteiger partial charge in [0.25, 0.3) is 5.91 Å². The molecule has 3 aromatic rings. The molecule has 9 heteroatoms. The Kier molecular flexibility index (Phi) is 7.73. The van der Waals surface area contributed by atoms with Crippen LogP contribution >= 0.6 is 24.8 Å². The number of nitrogens with two attached hydrogens (primary N) is 1. The van der Waals surface area contributed by atoms with Crippen molar-refractivity contribution < 1.29 is 4.79 Å². The van der Waals surface area contributed by atoms with Gasteiger partial charge in [0.15, 0.2) is 5.82 Å². The van der Waals surface area contributed by atoms with Crippen LogP contribution in [0.2, 0.25) is 0 Å². The Hall–Kier alpha value is -2.48. The molecule has 2 N–H and O–H groups in total. The molecule has 0 bridgehead atoms. The molecule has 29 heavy (non-hydrogen) atoms. The molecule has 7 nitrogen and oxygen atoms in total. The van der Waals surface area contributed by atoms with E-state index in [0.717, 1.165) is 29.9 Å². The van der Waals surface area contributed by atoms with E-state index in [1.54, 1.807) is 6.20 Å². The predicted octanol–water partition coefficient (Wildman–Crippen LogP) is 2.95. The predicted molar refractivity (Wildman–Crippen MR) is 117 cm³/mol. The monoisotopic (exact) mass is 434 g/mol.